The fourth-order valence-corrected chi connectivity index (χ4v) is 1.25. The normalized spacial score (nSPS) is 24.2. The summed E-state index contributed by atoms with van der Waals surface area (Å²) in [6.45, 7) is 0.797. The Hall–Kier alpha value is -1.03. The third-order valence-electron chi connectivity index (χ3n) is 1.79. The van der Waals surface area contributed by atoms with Crippen molar-refractivity contribution >= 4 is 0 Å². The summed E-state index contributed by atoms with van der Waals surface area (Å²) in [6.07, 6.45) is 5.10. The molecule has 1 aliphatic heterocycles. The van der Waals surface area contributed by atoms with Crippen LogP contribution in [0.4, 0.5) is 0 Å². The molecule has 1 aromatic rings. The van der Waals surface area contributed by atoms with E-state index in [2.05, 4.69) is 5.10 Å². The fraction of sp³-hybridized carbons (Fsp3) is 0.571. The van der Waals surface area contributed by atoms with Crippen LogP contribution in [0.25, 0.3) is 0 Å². The molecular formula is C7H10N2O2. The molecule has 60 valence electrons. The fourth-order valence-electron chi connectivity index (χ4n) is 1.25. The SMILES string of the molecule is Oc1cnn(C2CCCO2)c1. The quantitative estimate of drug-likeness (QED) is 0.653. The number of hydrogen-bond donors (Lipinski definition) is 1. The van der Waals surface area contributed by atoms with Gasteiger partial charge in [-0.15, -0.1) is 0 Å². The van der Waals surface area contributed by atoms with E-state index in [0.717, 1.165) is 19.4 Å². The van der Waals surface area contributed by atoms with Crippen LogP contribution in [-0.2, 0) is 4.74 Å². The van der Waals surface area contributed by atoms with Crippen molar-refractivity contribution in [1.82, 2.24) is 9.78 Å². The summed E-state index contributed by atoms with van der Waals surface area (Å²) in [4.78, 5) is 0. The highest BCUT2D eigenvalue weighted by molar-refractivity contribution is 5.08. The molecule has 1 saturated heterocycles. The largest absolute Gasteiger partial charge is 0.505 e. The Bertz CT molecular complexity index is 240. The van der Waals surface area contributed by atoms with E-state index in [0.29, 0.717) is 0 Å². The van der Waals surface area contributed by atoms with Crippen LogP contribution in [0.3, 0.4) is 0 Å². The lowest BCUT2D eigenvalue weighted by atomic mass is 10.3. The minimum Gasteiger partial charge on any atom is -0.505 e. The number of hydrogen-bond acceptors (Lipinski definition) is 3. The molecule has 11 heavy (non-hydrogen) atoms. The molecule has 1 unspecified atom stereocenters. The molecule has 1 atom stereocenters. The van der Waals surface area contributed by atoms with Crippen LogP contribution in [0.1, 0.15) is 19.1 Å². The Morgan fingerprint density at radius 3 is 3.18 bits per heavy atom. The van der Waals surface area contributed by atoms with Gasteiger partial charge < -0.3 is 9.84 Å². The zero-order chi connectivity index (χ0) is 7.68. The van der Waals surface area contributed by atoms with E-state index >= 15 is 0 Å². The molecule has 0 aromatic carbocycles. The summed E-state index contributed by atoms with van der Waals surface area (Å²) < 4.78 is 7.00. The second-order valence-corrected chi connectivity index (χ2v) is 2.65. The van der Waals surface area contributed by atoms with Gasteiger partial charge in [0.05, 0.1) is 12.4 Å². The first-order valence-corrected chi connectivity index (χ1v) is 3.71. The molecule has 1 N–H and O–H groups in total. The van der Waals surface area contributed by atoms with Crippen molar-refractivity contribution in [1.29, 1.82) is 0 Å². The van der Waals surface area contributed by atoms with Gasteiger partial charge in [-0.3, -0.25) is 0 Å². The van der Waals surface area contributed by atoms with E-state index < -0.39 is 0 Å². The lowest BCUT2D eigenvalue weighted by Crippen LogP contribution is -2.06. The maximum Gasteiger partial charge on any atom is 0.153 e. The predicted octanol–water partition coefficient (Wildman–Crippen LogP) is 0.898. The van der Waals surface area contributed by atoms with Crippen LogP contribution in [0.2, 0.25) is 0 Å². The first-order chi connectivity index (χ1) is 5.36. The second-order valence-electron chi connectivity index (χ2n) is 2.65. The molecule has 0 spiro atoms. The van der Waals surface area contributed by atoms with Crippen molar-refractivity contribution in [2.24, 2.45) is 0 Å². The van der Waals surface area contributed by atoms with E-state index in [1.807, 2.05) is 0 Å². The van der Waals surface area contributed by atoms with Crippen LogP contribution in [0.5, 0.6) is 5.75 Å². The van der Waals surface area contributed by atoms with E-state index in [1.54, 1.807) is 10.9 Å². The molecule has 0 aliphatic carbocycles. The molecule has 1 aromatic heterocycles. The van der Waals surface area contributed by atoms with Gasteiger partial charge in [0, 0.05) is 6.61 Å². The number of rotatable bonds is 1. The smallest absolute Gasteiger partial charge is 0.153 e. The van der Waals surface area contributed by atoms with Crippen molar-refractivity contribution in [2.75, 3.05) is 6.61 Å². The summed E-state index contributed by atoms with van der Waals surface area (Å²) >= 11 is 0. The van der Waals surface area contributed by atoms with Gasteiger partial charge >= 0.3 is 0 Å². The molecule has 0 bridgehead atoms. The Morgan fingerprint density at radius 2 is 2.64 bits per heavy atom. The van der Waals surface area contributed by atoms with E-state index in [9.17, 15) is 0 Å². The van der Waals surface area contributed by atoms with Crippen LogP contribution < -0.4 is 0 Å². The van der Waals surface area contributed by atoms with Crippen molar-refractivity contribution in [2.45, 2.75) is 19.1 Å². The molecule has 4 nitrogen and oxygen atoms in total. The minimum absolute atomic E-state index is 0.0379. The Labute approximate surface area is 64.4 Å². The monoisotopic (exact) mass is 154 g/mol. The third kappa shape index (κ3) is 1.21. The zero-order valence-corrected chi connectivity index (χ0v) is 6.10. The van der Waals surface area contributed by atoms with Gasteiger partial charge in [-0.05, 0) is 12.8 Å². The maximum atomic E-state index is 8.97. The van der Waals surface area contributed by atoms with E-state index in [-0.39, 0.29) is 12.0 Å². The molecule has 2 rings (SSSR count). The second kappa shape index (κ2) is 2.54. The van der Waals surface area contributed by atoms with Gasteiger partial charge in [0.25, 0.3) is 0 Å². The molecule has 0 radical (unpaired) electrons. The lowest BCUT2D eigenvalue weighted by molar-refractivity contribution is 0.0466. The standard InChI is InChI=1S/C7H10N2O2/c10-6-4-8-9(5-6)7-2-1-3-11-7/h4-5,7,10H,1-3H2. The van der Waals surface area contributed by atoms with Crippen molar-refractivity contribution < 1.29 is 9.84 Å². The molecule has 1 aliphatic rings. The van der Waals surface area contributed by atoms with Crippen LogP contribution >= 0.6 is 0 Å². The molecule has 1 fully saturated rings. The highest BCUT2D eigenvalue weighted by atomic mass is 16.5. The van der Waals surface area contributed by atoms with Gasteiger partial charge in [-0.1, -0.05) is 0 Å². The molecule has 0 saturated carbocycles. The van der Waals surface area contributed by atoms with Crippen molar-refractivity contribution in [3.05, 3.63) is 12.4 Å². The lowest BCUT2D eigenvalue weighted by Gasteiger charge is -2.07. The minimum atomic E-state index is 0.0379. The average Bonchev–Trinajstić information content (AvgIpc) is 2.55. The number of nitrogens with zero attached hydrogens (tertiary/aromatic N) is 2. The molecular weight excluding hydrogens is 144 g/mol. The maximum absolute atomic E-state index is 8.97. The highest BCUT2D eigenvalue weighted by Crippen LogP contribution is 2.23. The summed E-state index contributed by atoms with van der Waals surface area (Å²) in [5, 5.41) is 12.9. The predicted molar refractivity (Wildman–Crippen MR) is 38.1 cm³/mol. The first-order valence-electron chi connectivity index (χ1n) is 3.71. The Balaban J connectivity index is 2.15. The summed E-state index contributed by atoms with van der Waals surface area (Å²) in [6, 6.07) is 0. The van der Waals surface area contributed by atoms with Crippen molar-refractivity contribution in [3.63, 3.8) is 0 Å². The van der Waals surface area contributed by atoms with Gasteiger partial charge in [-0.25, -0.2) is 4.68 Å². The van der Waals surface area contributed by atoms with Gasteiger partial charge in [-0.2, -0.15) is 5.10 Å². The number of ether oxygens (including phenoxy) is 1. The molecule has 2 heterocycles. The average molecular weight is 154 g/mol. The van der Waals surface area contributed by atoms with Gasteiger partial charge in [0.2, 0.25) is 0 Å². The highest BCUT2D eigenvalue weighted by Gasteiger charge is 2.17. The summed E-state index contributed by atoms with van der Waals surface area (Å²) in [5.41, 5.74) is 0. The van der Waals surface area contributed by atoms with Crippen LogP contribution in [0, 0.1) is 0 Å². The Morgan fingerprint density at radius 1 is 1.73 bits per heavy atom. The van der Waals surface area contributed by atoms with E-state index in [1.165, 1.54) is 6.20 Å². The number of aromatic nitrogens is 2. The van der Waals surface area contributed by atoms with Gasteiger partial charge in [0.1, 0.15) is 6.23 Å². The summed E-state index contributed by atoms with van der Waals surface area (Å²) in [7, 11) is 0. The third-order valence-corrected chi connectivity index (χ3v) is 1.79. The number of aromatic hydroxyl groups is 1. The topological polar surface area (TPSA) is 47.3 Å². The van der Waals surface area contributed by atoms with Crippen LogP contribution in [0.15, 0.2) is 12.4 Å². The first kappa shape index (κ1) is 6.67. The summed E-state index contributed by atoms with van der Waals surface area (Å²) in [5.74, 6) is 0.195. The molecule has 0 amide bonds. The Kier molecular flexibility index (Phi) is 1.54. The zero-order valence-electron chi connectivity index (χ0n) is 6.10. The van der Waals surface area contributed by atoms with Crippen LogP contribution in [-0.4, -0.2) is 21.5 Å². The van der Waals surface area contributed by atoms with E-state index in [4.69, 9.17) is 9.84 Å². The molecule has 4 heteroatoms. The van der Waals surface area contributed by atoms with Gasteiger partial charge in [0.15, 0.2) is 5.75 Å². The van der Waals surface area contributed by atoms with Crippen molar-refractivity contribution in [3.8, 4) is 5.75 Å².